The molecule has 0 aliphatic rings. The van der Waals surface area contributed by atoms with Gasteiger partial charge in [0, 0.05) is 17.3 Å². The van der Waals surface area contributed by atoms with Gasteiger partial charge in [-0.05, 0) is 26.8 Å². The van der Waals surface area contributed by atoms with Gasteiger partial charge in [-0.2, -0.15) is 0 Å². The number of thiazole rings is 1. The minimum Gasteiger partial charge on any atom is -0.263 e. The molecule has 2 aromatic rings. The number of nitrogens with zero attached hydrogens (tertiary/aromatic N) is 2. The highest BCUT2D eigenvalue weighted by molar-refractivity contribution is 7.89. The Morgan fingerprint density at radius 1 is 1.40 bits per heavy atom. The zero-order chi connectivity index (χ0) is 14.9. The largest absolute Gasteiger partial charge is 0.263 e. The summed E-state index contributed by atoms with van der Waals surface area (Å²) in [4.78, 5) is 8.97. The molecule has 20 heavy (non-hydrogen) atoms. The molecule has 0 radical (unpaired) electrons. The molecule has 1 atom stereocenters. The number of halogens is 1. The van der Waals surface area contributed by atoms with Gasteiger partial charge < -0.3 is 0 Å². The average Bonchev–Trinajstić information content (AvgIpc) is 2.68. The van der Waals surface area contributed by atoms with Crippen LogP contribution in [0.4, 0.5) is 0 Å². The molecular formula is C12H14ClN3O2S2. The summed E-state index contributed by atoms with van der Waals surface area (Å²) >= 11 is 7.38. The summed E-state index contributed by atoms with van der Waals surface area (Å²) < 4.78 is 27.2. The van der Waals surface area contributed by atoms with Crippen LogP contribution in [0, 0.1) is 13.8 Å². The zero-order valence-corrected chi connectivity index (χ0v) is 13.6. The quantitative estimate of drug-likeness (QED) is 0.935. The van der Waals surface area contributed by atoms with Crippen molar-refractivity contribution in [1.82, 2.24) is 14.7 Å². The highest BCUT2D eigenvalue weighted by Crippen LogP contribution is 2.27. The molecule has 1 N–H and O–H groups in total. The fourth-order valence-electron chi connectivity index (χ4n) is 1.86. The van der Waals surface area contributed by atoms with Crippen LogP contribution >= 0.6 is 22.9 Å². The number of sulfonamides is 1. The zero-order valence-electron chi connectivity index (χ0n) is 11.2. The molecule has 2 rings (SSSR count). The summed E-state index contributed by atoms with van der Waals surface area (Å²) in [5.41, 5.74) is 0.833. The molecule has 2 heterocycles. The van der Waals surface area contributed by atoms with Crippen LogP contribution in [0.3, 0.4) is 0 Å². The molecule has 108 valence electrons. The molecule has 0 aromatic carbocycles. The third-order valence-corrected chi connectivity index (χ3v) is 5.95. The summed E-state index contributed by atoms with van der Waals surface area (Å²) in [6.07, 6.45) is 2.68. The molecule has 2 aromatic heterocycles. The van der Waals surface area contributed by atoms with Crippen LogP contribution in [-0.4, -0.2) is 18.4 Å². The molecule has 0 amide bonds. The van der Waals surface area contributed by atoms with E-state index in [0.717, 1.165) is 15.6 Å². The maximum Gasteiger partial charge on any atom is 0.244 e. The molecule has 1 unspecified atom stereocenters. The number of pyridine rings is 1. The van der Waals surface area contributed by atoms with Crippen LogP contribution in [-0.2, 0) is 10.0 Å². The van der Waals surface area contributed by atoms with Crippen molar-refractivity contribution in [2.75, 3.05) is 0 Å². The van der Waals surface area contributed by atoms with Gasteiger partial charge in [0.25, 0.3) is 0 Å². The van der Waals surface area contributed by atoms with Crippen molar-refractivity contribution >= 4 is 33.0 Å². The van der Waals surface area contributed by atoms with Gasteiger partial charge in [-0.15, -0.1) is 11.3 Å². The van der Waals surface area contributed by atoms with Crippen LogP contribution in [0.5, 0.6) is 0 Å². The first-order valence-corrected chi connectivity index (χ1v) is 8.55. The van der Waals surface area contributed by atoms with Gasteiger partial charge >= 0.3 is 0 Å². The molecule has 0 saturated carbocycles. The molecular weight excluding hydrogens is 318 g/mol. The van der Waals surface area contributed by atoms with E-state index in [1.165, 1.54) is 29.8 Å². The van der Waals surface area contributed by atoms with E-state index in [0.29, 0.717) is 0 Å². The van der Waals surface area contributed by atoms with E-state index >= 15 is 0 Å². The lowest BCUT2D eigenvalue weighted by Gasteiger charge is -2.13. The van der Waals surface area contributed by atoms with Gasteiger partial charge in [0.1, 0.15) is 4.90 Å². The van der Waals surface area contributed by atoms with Crippen molar-refractivity contribution in [2.24, 2.45) is 0 Å². The first kappa shape index (κ1) is 15.4. The minimum atomic E-state index is -3.71. The van der Waals surface area contributed by atoms with Crippen molar-refractivity contribution in [2.45, 2.75) is 31.7 Å². The van der Waals surface area contributed by atoms with Gasteiger partial charge in [0.15, 0.2) is 0 Å². The Labute approximate surface area is 127 Å². The van der Waals surface area contributed by atoms with Crippen LogP contribution < -0.4 is 4.72 Å². The van der Waals surface area contributed by atoms with Crippen molar-refractivity contribution < 1.29 is 8.42 Å². The van der Waals surface area contributed by atoms with Gasteiger partial charge in [-0.3, -0.25) is 4.98 Å². The number of aromatic nitrogens is 2. The van der Waals surface area contributed by atoms with E-state index in [-0.39, 0.29) is 16.0 Å². The lowest BCUT2D eigenvalue weighted by Crippen LogP contribution is -2.27. The van der Waals surface area contributed by atoms with Crippen LogP contribution in [0.15, 0.2) is 23.4 Å². The maximum atomic E-state index is 12.3. The normalized spacial score (nSPS) is 13.4. The summed E-state index contributed by atoms with van der Waals surface area (Å²) in [5.74, 6) is 0. The summed E-state index contributed by atoms with van der Waals surface area (Å²) in [5, 5.41) is 1.06. The Hall–Kier alpha value is -1.02. The second-order valence-electron chi connectivity index (χ2n) is 4.33. The topological polar surface area (TPSA) is 72.0 Å². The molecule has 0 saturated heterocycles. The Bertz CT molecular complexity index is 728. The number of hydrogen-bond acceptors (Lipinski definition) is 5. The summed E-state index contributed by atoms with van der Waals surface area (Å²) in [6.45, 7) is 5.53. The molecule has 0 spiro atoms. The predicted octanol–water partition coefficient (Wildman–Crippen LogP) is 2.85. The average molecular weight is 332 g/mol. The lowest BCUT2D eigenvalue weighted by molar-refractivity contribution is 0.567. The summed E-state index contributed by atoms with van der Waals surface area (Å²) in [6, 6.07) is 1.07. The van der Waals surface area contributed by atoms with E-state index in [9.17, 15) is 8.42 Å². The molecule has 0 fully saturated rings. The van der Waals surface area contributed by atoms with E-state index < -0.39 is 10.0 Å². The standard InChI is InChI=1S/C12H14ClN3O2S2/c1-7-12(19-9(3)15-7)8(2)16-20(17,18)11-6-14-5-4-10(11)13/h4-6,8,16H,1-3H3. The highest BCUT2D eigenvalue weighted by Gasteiger charge is 2.23. The Morgan fingerprint density at radius 2 is 2.10 bits per heavy atom. The first-order chi connectivity index (χ1) is 9.31. The van der Waals surface area contributed by atoms with Crippen molar-refractivity contribution in [1.29, 1.82) is 0 Å². The van der Waals surface area contributed by atoms with Crippen molar-refractivity contribution in [3.63, 3.8) is 0 Å². The Morgan fingerprint density at radius 3 is 2.65 bits per heavy atom. The van der Waals surface area contributed by atoms with Crippen LogP contribution in [0.2, 0.25) is 5.02 Å². The van der Waals surface area contributed by atoms with Gasteiger partial charge in [-0.25, -0.2) is 18.1 Å². The second-order valence-corrected chi connectivity index (χ2v) is 7.66. The van der Waals surface area contributed by atoms with Gasteiger partial charge in [0.05, 0.1) is 21.8 Å². The van der Waals surface area contributed by atoms with Crippen molar-refractivity contribution in [3.8, 4) is 0 Å². The monoisotopic (exact) mass is 331 g/mol. The van der Waals surface area contributed by atoms with Crippen molar-refractivity contribution in [3.05, 3.63) is 39.1 Å². The van der Waals surface area contributed by atoms with Crippen LogP contribution in [0.1, 0.15) is 28.5 Å². The fourth-order valence-corrected chi connectivity index (χ4v) is 4.51. The molecule has 5 nitrogen and oxygen atoms in total. The highest BCUT2D eigenvalue weighted by atomic mass is 35.5. The molecule has 0 bridgehead atoms. The Kier molecular flexibility index (Phi) is 4.43. The van der Waals surface area contributed by atoms with Gasteiger partial charge in [-0.1, -0.05) is 11.6 Å². The maximum absolute atomic E-state index is 12.3. The predicted molar refractivity (Wildman–Crippen MR) is 79.6 cm³/mol. The SMILES string of the molecule is Cc1nc(C)c(C(C)NS(=O)(=O)c2cnccc2Cl)s1. The number of aryl methyl sites for hydroxylation is 2. The van der Waals surface area contributed by atoms with Crippen LogP contribution in [0.25, 0.3) is 0 Å². The molecule has 8 heteroatoms. The second kappa shape index (κ2) is 5.77. The third-order valence-electron chi connectivity index (χ3n) is 2.69. The number of hydrogen-bond donors (Lipinski definition) is 1. The molecule has 0 aliphatic heterocycles. The van der Waals surface area contributed by atoms with E-state index in [1.807, 2.05) is 13.8 Å². The lowest BCUT2D eigenvalue weighted by atomic mass is 10.2. The minimum absolute atomic E-state index is 0.0209. The fraction of sp³-hybridized carbons (Fsp3) is 0.333. The van der Waals surface area contributed by atoms with Gasteiger partial charge in [0.2, 0.25) is 10.0 Å². The number of rotatable bonds is 4. The van der Waals surface area contributed by atoms with E-state index in [1.54, 1.807) is 6.92 Å². The van der Waals surface area contributed by atoms with E-state index in [4.69, 9.17) is 11.6 Å². The third kappa shape index (κ3) is 3.17. The smallest absolute Gasteiger partial charge is 0.244 e. The van der Waals surface area contributed by atoms with E-state index in [2.05, 4.69) is 14.7 Å². The summed E-state index contributed by atoms with van der Waals surface area (Å²) in [7, 11) is -3.71. The number of nitrogens with one attached hydrogen (secondary N) is 1. The molecule has 0 aliphatic carbocycles. The first-order valence-electron chi connectivity index (χ1n) is 5.87. The Balaban J connectivity index is 2.29.